The maximum atomic E-state index is 12.6. The Balaban J connectivity index is 2.18. The van der Waals surface area contributed by atoms with E-state index in [1.807, 2.05) is 19.1 Å². The molecule has 1 saturated heterocycles. The van der Waals surface area contributed by atoms with Crippen LogP contribution >= 0.6 is 15.9 Å². The van der Waals surface area contributed by atoms with E-state index in [0.717, 1.165) is 5.56 Å². The van der Waals surface area contributed by atoms with Gasteiger partial charge in [-0.25, -0.2) is 8.42 Å². The first-order valence-electron chi connectivity index (χ1n) is 6.37. The van der Waals surface area contributed by atoms with E-state index < -0.39 is 10.0 Å². The fraction of sp³-hybridized carbons (Fsp3) is 0.429. The zero-order valence-electron chi connectivity index (χ0n) is 11.3. The van der Waals surface area contributed by atoms with Crippen molar-refractivity contribution in [2.75, 3.05) is 32.7 Å². The van der Waals surface area contributed by atoms with Gasteiger partial charge in [-0.3, -0.25) is 4.90 Å². The van der Waals surface area contributed by atoms with Gasteiger partial charge in [-0.15, -0.1) is 6.42 Å². The molecule has 0 saturated carbocycles. The summed E-state index contributed by atoms with van der Waals surface area (Å²) in [5, 5.41) is 0. The molecule has 1 aliphatic heterocycles. The topological polar surface area (TPSA) is 40.6 Å². The Morgan fingerprint density at radius 2 is 1.95 bits per heavy atom. The van der Waals surface area contributed by atoms with Gasteiger partial charge in [0.15, 0.2) is 0 Å². The molecule has 6 heteroatoms. The van der Waals surface area contributed by atoms with Crippen LogP contribution in [0.3, 0.4) is 0 Å². The molecule has 4 nitrogen and oxygen atoms in total. The first-order chi connectivity index (χ1) is 9.45. The fourth-order valence-corrected chi connectivity index (χ4v) is 4.79. The van der Waals surface area contributed by atoms with Gasteiger partial charge in [0.2, 0.25) is 10.0 Å². The molecule has 0 amide bonds. The molecule has 0 spiro atoms. The molecule has 0 aliphatic carbocycles. The largest absolute Gasteiger partial charge is 0.290 e. The van der Waals surface area contributed by atoms with Gasteiger partial charge >= 0.3 is 0 Å². The van der Waals surface area contributed by atoms with Crippen LogP contribution in [0.15, 0.2) is 27.6 Å². The Kier molecular flexibility index (Phi) is 4.86. The molecule has 0 aromatic heterocycles. The minimum Gasteiger partial charge on any atom is -0.290 e. The lowest BCUT2D eigenvalue weighted by molar-refractivity contribution is 0.207. The fourth-order valence-electron chi connectivity index (χ4n) is 2.21. The quantitative estimate of drug-likeness (QED) is 0.774. The maximum absolute atomic E-state index is 12.6. The van der Waals surface area contributed by atoms with Crippen LogP contribution < -0.4 is 0 Å². The number of nitrogens with zero attached hydrogens (tertiary/aromatic N) is 2. The summed E-state index contributed by atoms with van der Waals surface area (Å²) in [7, 11) is -3.44. The molecule has 1 aliphatic rings. The summed E-state index contributed by atoms with van der Waals surface area (Å²) in [4.78, 5) is 2.41. The molecule has 1 aromatic carbocycles. The van der Waals surface area contributed by atoms with E-state index in [1.54, 1.807) is 6.07 Å². The van der Waals surface area contributed by atoms with E-state index in [1.165, 1.54) is 4.31 Å². The third kappa shape index (κ3) is 3.23. The van der Waals surface area contributed by atoms with Crippen molar-refractivity contribution in [3.05, 3.63) is 28.2 Å². The molecule has 1 heterocycles. The lowest BCUT2D eigenvalue weighted by atomic mass is 10.2. The van der Waals surface area contributed by atoms with Crippen LogP contribution in [0.25, 0.3) is 0 Å². The van der Waals surface area contributed by atoms with Crippen LogP contribution in [-0.4, -0.2) is 50.3 Å². The van der Waals surface area contributed by atoms with E-state index in [9.17, 15) is 8.42 Å². The van der Waals surface area contributed by atoms with Crippen molar-refractivity contribution in [1.82, 2.24) is 9.21 Å². The highest BCUT2D eigenvalue weighted by atomic mass is 79.9. The van der Waals surface area contributed by atoms with Crippen molar-refractivity contribution in [3.8, 4) is 12.3 Å². The normalized spacial score (nSPS) is 17.9. The Morgan fingerprint density at radius 3 is 2.50 bits per heavy atom. The average Bonchev–Trinajstić information content (AvgIpc) is 2.39. The van der Waals surface area contributed by atoms with Crippen LogP contribution in [0, 0.1) is 19.3 Å². The Morgan fingerprint density at radius 1 is 1.30 bits per heavy atom. The van der Waals surface area contributed by atoms with Gasteiger partial charge in [-0.05, 0) is 40.5 Å². The molecule has 0 N–H and O–H groups in total. The summed E-state index contributed by atoms with van der Waals surface area (Å²) in [6, 6.07) is 5.29. The highest BCUT2D eigenvalue weighted by Crippen LogP contribution is 2.26. The van der Waals surface area contributed by atoms with Crippen molar-refractivity contribution < 1.29 is 8.42 Å². The number of rotatable bonds is 3. The van der Waals surface area contributed by atoms with E-state index in [0.29, 0.717) is 42.1 Å². The average molecular weight is 357 g/mol. The number of hydrogen-bond donors (Lipinski definition) is 0. The zero-order valence-corrected chi connectivity index (χ0v) is 13.7. The second-order valence-electron chi connectivity index (χ2n) is 4.82. The standard InChI is InChI=1S/C14H17BrN2O2S/c1-3-6-16-7-9-17(10-8-16)20(18,19)14-5-4-12(2)11-13(14)15/h1,4-5,11H,6-10H2,2H3. The third-order valence-electron chi connectivity index (χ3n) is 3.35. The van der Waals surface area contributed by atoms with Crippen molar-refractivity contribution in [2.24, 2.45) is 0 Å². The summed E-state index contributed by atoms with van der Waals surface area (Å²) in [6.07, 6.45) is 5.28. The number of benzene rings is 1. The number of halogens is 1. The van der Waals surface area contributed by atoms with Gasteiger partial charge in [-0.2, -0.15) is 4.31 Å². The summed E-state index contributed by atoms with van der Waals surface area (Å²) >= 11 is 3.34. The van der Waals surface area contributed by atoms with E-state index >= 15 is 0 Å². The molecule has 0 unspecified atom stereocenters. The van der Waals surface area contributed by atoms with Crippen LogP contribution in [-0.2, 0) is 10.0 Å². The molecule has 2 rings (SSSR count). The smallest absolute Gasteiger partial charge is 0.244 e. The van der Waals surface area contributed by atoms with Crippen LogP contribution in [0.1, 0.15) is 5.56 Å². The van der Waals surface area contributed by atoms with Crippen LogP contribution in [0.5, 0.6) is 0 Å². The summed E-state index contributed by atoms with van der Waals surface area (Å²) in [5.41, 5.74) is 1.02. The molecular formula is C14H17BrN2O2S. The number of aryl methyl sites for hydroxylation is 1. The van der Waals surface area contributed by atoms with Crippen molar-refractivity contribution in [3.63, 3.8) is 0 Å². The summed E-state index contributed by atoms with van der Waals surface area (Å²) in [5.74, 6) is 2.59. The molecule has 108 valence electrons. The molecule has 20 heavy (non-hydrogen) atoms. The minimum atomic E-state index is -3.44. The van der Waals surface area contributed by atoms with E-state index in [-0.39, 0.29) is 0 Å². The third-order valence-corrected chi connectivity index (χ3v) is 6.23. The number of hydrogen-bond acceptors (Lipinski definition) is 3. The maximum Gasteiger partial charge on any atom is 0.244 e. The van der Waals surface area contributed by atoms with Crippen molar-refractivity contribution >= 4 is 26.0 Å². The van der Waals surface area contributed by atoms with Gasteiger partial charge < -0.3 is 0 Å². The van der Waals surface area contributed by atoms with Crippen LogP contribution in [0.4, 0.5) is 0 Å². The number of terminal acetylenes is 1. The number of piperazine rings is 1. The van der Waals surface area contributed by atoms with Gasteiger partial charge in [0.25, 0.3) is 0 Å². The molecule has 1 aromatic rings. The first kappa shape index (κ1) is 15.5. The molecule has 0 bridgehead atoms. The lowest BCUT2D eigenvalue weighted by Gasteiger charge is -2.33. The van der Waals surface area contributed by atoms with Crippen molar-refractivity contribution in [1.29, 1.82) is 0 Å². The SMILES string of the molecule is C#CCN1CCN(S(=O)(=O)c2ccc(C)cc2Br)CC1. The summed E-state index contributed by atoms with van der Waals surface area (Å²) < 4.78 is 27.4. The second-order valence-corrected chi connectivity index (χ2v) is 7.58. The first-order valence-corrected chi connectivity index (χ1v) is 8.60. The van der Waals surface area contributed by atoms with Gasteiger partial charge in [0.05, 0.1) is 11.4 Å². The van der Waals surface area contributed by atoms with E-state index in [2.05, 4.69) is 26.8 Å². The van der Waals surface area contributed by atoms with Gasteiger partial charge in [0, 0.05) is 30.7 Å². The highest BCUT2D eigenvalue weighted by Gasteiger charge is 2.29. The molecule has 0 atom stereocenters. The Hall–Kier alpha value is -0.870. The monoisotopic (exact) mass is 356 g/mol. The van der Waals surface area contributed by atoms with Gasteiger partial charge in [-0.1, -0.05) is 12.0 Å². The van der Waals surface area contributed by atoms with E-state index in [4.69, 9.17) is 6.42 Å². The highest BCUT2D eigenvalue weighted by molar-refractivity contribution is 9.10. The van der Waals surface area contributed by atoms with Gasteiger partial charge in [0.1, 0.15) is 0 Å². The van der Waals surface area contributed by atoms with Crippen molar-refractivity contribution in [2.45, 2.75) is 11.8 Å². The van der Waals surface area contributed by atoms with Crippen LogP contribution in [0.2, 0.25) is 0 Å². The molecule has 1 fully saturated rings. The lowest BCUT2D eigenvalue weighted by Crippen LogP contribution is -2.48. The number of sulfonamides is 1. The second kappa shape index (κ2) is 6.27. The summed E-state index contributed by atoms with van der Waals surface area (Å²) in [6.45, 7) is 4.80. The Labute approximate surface area is 128 Å². The Bertz CT molecular complexity index is 629. The minimum absolute atomic E-state index is 0.327. The predicted octanol–water partition coefficient (Wildman–Crippen LogP) is 1.70. The molecular weight excluding hydrogens is 340 g/mol. The zero-order chi connectivity index (χ0) is 14.8. The predicted molar refractivity (Wildman–Crippen MR) is 82.9 cm³/mol. The molecule has 0 radical (unpaired) electrons.